The van der Waals surface area contributed by atoms with Crippen molar-refractivity contribution in [3.63, 3.8) is 0 Å². The zero-order valence-electron chi connectivity index (χ0n) is 14.9. The number of anilines is 2. The van der Waals surface area contributed by atoms with Crippen LogP contribution in [0.4, 0.5) is 11.4 Å². The number of hydrogen-bond acceptors (Lipinski definition) is 2. The molecule has 3 rings (SSSR count). The fourth-order valence-electron chi connectivity index (χ4n) is 2.63. The molecular weight excluding hydrogens is 395 g/mol. The van der Waals surface area contributed by atoms with Gasteiger partial charge in [-0.1, -0.05) is 36.4 Å². The second-order valence-electron chi connectivity index (χ2n) is 6.11. The van der Waals surface area contributed by atoms with Crippen molar-refractivity contribution in [2.75, 3.05) is 10.6 Å². The quantitative estimate of drug-likeness (QED) is 0.512. The highest BCUT2D eigenvalue weighted by Crippen LogP contribution is 2.17. The molecule has 0 fully saturated rings. The minimum absolute atomic E-state index is 0.291. The van der Waals surface area contributed by atoms with Gasteiger partial charge in [-0.3, -0.25) is 9.59 Å². The summed E-state index contributed by atoms with van der Waals surface area (Å²) in [5.41, 5.74) is 3.76. The molecule has 0 aliphatic carbocycles. The van der Waals surface area contributed by atoms with Gasteiger partial charge in [-0.05, 0) is 47.5 Å². The molecule has 2 amide bonds. The van der Waals surface area contributed by atoms with Crippen molar-refractivity contribution in [1.82, 2.24) is 0 Å². The van der Waals surface area contributed by atoms with Gasteiger partial charge in [-0.25, -0.2) is 0 Å². The second kappa shape index (κ2) is 9.40. The van der Waals surface area contributed by atoms with Crippen molar-refractivity contribution in [3.8, 4) is 0 Å². The summed E-state index contributed by atoms with van der Waals surface area (Å²) in [5, 5.41) is 5.61. The van der Waals surface area contributed by atoms with E-state index in [1.807, 2.05) is 24.3 Å². The molecular formula is C22H18Cl2N2O2. The van der Waals surface area contributed by atoms with Gasteiger partial charge in [0.15, 0.2) is 0 Å². The lowest BCUT2D eigenvalue weighted by Gasteiger charge is -2.11. The molecule has 0 unspecified atom stereocenters. The Morgan fingerprint density at radius 2 is 0.964 bits per heavy atom. The van der Waals surface area contributed by atoms with Crippen LogP contribution < -0.4 is 10.6 Å². The van der Waals surface area contributed by atoms with Crippen molar-refractivity contribution in [2.24, 2.45) is 0 Å². The molecule has 0 saturated heterocycles. The molecule has 0 aliphatic heterocycles. The average molecular weight is 413 g/mol. The monoisotopic (exact) mass is 412 g/mol. The number of amides is 2. The fourth-order valence-corrected chi connectivity index (χ4v) is 2.99. The summed E-state index contributed by atoms with van der Waals surface area (Å²) in [6.45, 7) is 0. The van der Waals surface area contributed by atoms with E-state index in [2.05, 4.69) is 10.6 Å². The number of hydrogen-bond donors (Lipinski definition) is 2. The van der Waals surface area contributed by atoms with Crippen LogP contribution in [-0.4, -0.2) is 11.8 Å². The molecule has 3 aromatic carbocycles. The third kappa shape index (κ3) is 4.91. The lowest BCUT2D eigenvalue weighted by atomic mass is 10.1. The summed E-state index contributed by atoms with van der Waals surface area (Å²) in [5.74, 6) is 0.0929. The van der Waals surface area contributed by atoms with Gasteiger partial charge >= 0.3 is 0 Å². The number of nitrogens with one attached hydrogen (secondary N) is 2. The summed E-state index contributed by atoms with van der Waals surface area (Å²) in [7, 11) is 0. The average Bonchev–Trinajstić information content (AvgIpc) is 2.74. The summed E-state index contributed by atoms with van der Waals surface area (Å²) in [4.78, 5) is 25.4. The summed E-state index contributed by atoms with van der Waals surface area (Å²) in [6.07, 6.45) is 0. The predicted octanol–water partition coefficient (Wildman–Crippen LogP) is 5.67. The van der Waals surface area contributed by atoms with Crippen LogP contribution in [0.2, 0.25) is 0 Å². The Morgan fingerprint density at radius 3 is 1.29 bits per heavy atom. The smallest absolute Gasteiger partial charge is 0.256 e. The van der Waals surface area contributed by atoms with E-state index in [0.717, 1.165) is 11.1 Å². The Hall–Kier alpha value is -2.82. The Bertz CT molecular complexity index is 890. The van der Waals surface area contributed by atoms with Gasteiger partial charge in [0.1, 0.15) is 0 Å². The van der Waals surface area contributed by atoms with Crippen LogP contribution in [-0.2, 0) is 11.8 Å². The van der Waals surface area contributed by atoms with Crippen molar-refractivity contribution in [3.05, 3.63) is 95.1 Å². The number of carbonyl (C=O) groups excluding carboxylic acids is 2. The topological polar surface area (TPSA) is 58.2 Å². The summed E-state index contributed by atoms with van der Waals surface area (Å²) < 4.78 is 0. The Morgan fingerprint density at radius 1 is 0.607 bits per heavy atom. The summed E-state index contributed by atoms with van der Waals surface area (Å²) in [6, 6.07) is 21.1. The number of alkyl halides is 2. The first-order valence-electron chi connectivity index (χ1n) is 8.62. The molecule has 142 valence electrons. The van der Waals surface area contributed by atoms with E-state index in [1.54, 1.807) is 48.5 Å². The standard InChI is InChI=1S/C22H18Cl2N2O2/c23-13-15-5-9-17(10-6-15)25-21(27)19-3-1-2-4-20(19)22(28)26-18-11-7-16(14-24)8-12-18/h1-12H,13-14H2,(H,25,27)(H,26,28). The maximum atomic E-state index is 12.7. The molecule has 0 saturated carbocycles. The van der Waals surface area contributed by atoms with Gasteiger partial charge in [0, 0.05) is 23.1 Å². The molecule has 0 bridgehead atoms. The lowest BCUT2D eigenvalue weighted by molar-refractivity contribution is 0.0990. The summed E-state index contributed by atoms with van der Waals surface area (Å²) >= 11 is 11.6. The van der Waals surface area contributed by atoms with Crippen LogP contribution >= 0.6 is 23.2 Å². The van der Waals surface area contributed by atoms with Crippen molar-refractivity contribution < 1.29 is 9.59 Å². The minimum Gasteiger partial charge on any atom is -0.322 e. The third-order valence-corrected chi connectivity index (χ3v) is 4.77. The number of halogens is 2. The van der Waals surface area contributed by atoms with E-state index < -0.39 is 0 Å². The van der Waals surface area contributed by atoms with E-state index in [9.17, 15) is 9.59 Å². The second-order valence-corrected chi connectivity index (χ2v) is 6.65. The van der Waals surface area contributed by atoms with Crippen LogP contribution in [0, 0.1) is 0 Å². The van der Waals surface area contributed by atoms with Gasteiger partial charge < -0.3 is 10.6 Å². The highest BCUT2D eigenvalue weighted by Gasteiger charge is 2.17. The molecule has 0 aromatic heterocycles. The maximum Gasteiger partial charge on any atom is 0.256 e. The molecule has 4 nitrogen and oxygen atoms in total. The largest absolute Gasteiger partial charge is 0.322 e. The van der Waals surface area contributed by atoms with Gasteiger partial charge in [-0.15, -0.1) is 23.2 Å². The van der Waals surface area contributed by atoms with Crippen LogP contribution in [0.5, 0.6) is 0 Å². The number of benzene rings is 3. The first kappa shape index (κ1) is 19.9. The van der Waals surface area contributed by atoms with Crippen LogP contribution in [0.25, 0.3) is 0 Å². The Balaban J connectivity index is 1.76. The molecule has 3 aromatic rings. The third-order valence-electron chi connectivity index (χ3n) is 4.15. The first-order chi connectivity index (χ1) is 13.6. The minimum atomic E-state index is -0.359. The number of carbonyl (C=O) groups is 2. The van der Waals surface area contributed by atoms with E-state index in [4.69, 9.17) is 23.2 Å². The van der Waals surface area contributed by atoms with Gasteiger partial charge in [0.05, 0.1) is 11.1 Å². The van der Waals surface area contributed by atoms with E-state index in [0.29, 0.717) is 34.3 Å². The van der Waals surface area contributed by atoms with E-state index in [-0.39, 0.29) is 11.8 Å². The van der Waals surface area contributed by atoms with Crippen LogP contribution in [0.3, 0.4) is 0 Å². The SMILES string of the molecule is O=C(Nc1ccc(CCl)cc1)c1ccccc1C(=O)Nc1ccc(CCl)cc1. The van der Waals surface area contributed by atoms with Crippen molar-refractivity contribution >= 4 is 46.4 Å². The van der Waals surface area contributed by atoms with E-state index >= 15 is 0 Å². The lowest BCUT2D eigenvalue weighted by Crippen LogP contribution is -2.20. The molecule has 0 atom stereocenters. The number of rotatable bonds is 6. The van der Waals surface area contributed by atoms with Gasteiger partial charge in [0.2, 0.25) is 0 Å². The highest BCUT2D eigenvalue weighted by atomic mass is 35.5. The zero-order valence-corrected chi connectivity index (χ0v) is 16.4. The van der Waals surface area contributed by atoms with Crippen LogP contribution in [0.1, 0.15) is 31.8 Å². The van der Waals surface area contributed by atoms with Crippen molar-refractivity contribution in [1.29, 1.82) is 0 Å². The Labute approximate surface area is 173 Å². The van der Waals surface area contributed by atoms with E-state index in [1.165, 1.54) is 0 Å². The highest BCUT2D eigenvalue weighted by molar-refractivity contribution is 6.17. The maximum absolute atomic E-state index is 12.7. The van der Waals surface area contributed by atoms with Crippen LogP contribution in [0.15, 0.2) is 72.8 Å². The first-order valence-corrected chi connectivity index (χ1v) is 9.69. The molecule has 2 N–H and O–H groups in total. The zero-order chi connectivity index (χ0) is 19.9. The Kier molecular flexibility index (Phi) is 6.69. The fraction of sp³-hybridized carbons (Fsp3) is 0.0909. The molecule has 0 heterocycles. The van der Waals surface area contributed by atoms with Gasteiger partial charge in [-0.2, -0.15) is 0 Å². The normalized spacial score (nSPS) is 10.4. The molecule has 6 heteroatoms. The molecule has 0 aliphatic rings. The molecule has 0 radical (unpaired) electrons. The predicted molar refractivity (Wildman–Crippen MR) is 114 cm³/mol. The molecule has 0 spiro atoms. The van der Waals surface area contributed by atoms with Crippen molar-refractivity contribution in [2.45, 2.75) is 11.8 Å². The molecule has 28 heavy (non-hydrogen) atoms. The van der Waals surface area contributed by atoms with Gasteiger partial charge in [0.25, 0.3) is 11.8 Å².